The molecule has 1 aromatic heterocycles. The van der Waals surface area contributed by atoms with Gasteiger partial charge in [-0.1, -0.05) is 0 Å². The van der Waals surface area contributed by atoms with Gasteiger partial charge in [-0.3, -0.25) is 0 Å². The highest BCUT2D eigenvalue weighted by atomic mass is 32.1. The van der Waals surface area contributed by atoms with Crippen molar-refractivity contribution in [2.75, 3.05) is 25.1 Å². The molecule has 1 unspecified atom stereocenters. The van der Waals surface area contributed by atoms with Crippen molar-refractivity contribution in [3.05, 3.63) is 17.5 Å². The van der Waals surface area contributed by atoms with Gasteiger partial charge in [0, 0.05) is 19.3 Å². The largest absolute Gasteiger partial charge is 0.462 e. The summed E-state index contributed by atoms with van der Waals surface area (Å²) >= 11 is 5.19. The lowest BCUT2D eigenvalue weighted by Crippen LogP contribution is -2.35. The zero-order chi connectivity index (χ0) is 15.9. The van der Waals surface area contributed by atoms with E-state index in [-0.39, 0.29) is 6.10 Å². The van der Waals surface area contributed by atoms with E-state index in [1.807, 2.05) is 0 Å². The molecule has 1 fully saturated rings. The van der Waals surface area contributed by atoms with E-state index in [0.717, 1.165) is 19.4 Å². The fraction of sp³-hybridized carbons (Fsp3) is 0.571. The average Bonchev–Trinajstić information content (AvgIpc) is 2.98. The molecule has 0 radical (unpaired) electrons. The number of aromatic nitrogens is 2. The van der Waals surface area contributed by atoms with Crippen molar-refractivity contribution in [3.8, 4) is 0 Å². The van der Waals surface area contributed by atoms with Crippen molar-refractivity contribution < 1.29 is 14.3 Å². The van der Waals surface area contributed by atoms with Crippen LogP contribution in [-0.2, 0) is 9.47 Å². The summed E-state index contributed by atoms with van der Waals surface area (Å²) in [5, 5.41) is 6.40. The van der Waals surface area contributed by atoms with Gasteiger partial charge in [-0.15, -0.1) is 0 Å². The van der Waals surface area contributed by atoms with Crippen molar-refractivity contribution in [1.82, 2.24) is 15.3 Å². The molecule has 22 heavy (non-hydrogen) atoms. The Hall–Kier alpha value is -1.80. The SMILES string of the molecule is CCOC(=O)c1cnc(NC(=S)NCC2CCCO2)nc1C. The zero-order valence-electron chi connectivity index (χ0n) is 12.7. The Morgan fingerprint density at radius 3 is 3.05 bits per heavy atom. The van der Waals surface area contributed by atoms with Gasteiger partial charge in [0.2, 0.25) is 5.95 Å². The van der Waals surface area contributed by atoms with Crippen LogP contribution in [0, 0.1) is 6.92 Å². The number of thiocarbonyl (C=S) groups is 1. The normalized spacial score (nSPS) is 17.1. The third-order valence-electron chi connectivity index (χ3n) is 3.21. The lowest BCUT2D eigenvalue weighted by Gasteiger charge is -2.13. The maximum absolute atomic E-state index is 11.7. The quantitative estimate of drug-likeness (QED) is 0.621. The van der Waals surface area contributed by atoms with Gasteiger partial charge >= 0.3 is 5.97 Å². The second kappa shape index (κ2) is 8.00. The molecule has 1 aromatic rings. The Labute approximate surface area is 134 Å². The third kappa shape index (κ3) is 4.60. The van der Waals surface area contributed by atoms with Gasteiger partial charge in [0.15, 0.2) is 5.11 Å². The number of hydrogen-bond donors (Lipinski definition) is 2. The lowest BCUT2D eigenvalue weighted by atomic mass is 10.2. The molecule has 1 aliphatic rings. The van der Waals surface area contributed by atoms with Crippen molar-refractivity contribution in [1.29, 1.82) is 0 Å². The predicted molar refractivity (Wildman–Crippen MR) is 85.9 cm³/mol. The van der Waals surface area contributed by atoms with Crippen molar-refractivity contribution in [2.24, 2.45) is 0 Å². The monoisotopic (exact) mass is 324 g/mol. The van der Waals surface area contributed by atoms with E-state index in [1.54, 1.807) is 13.8 Å². The standard InChI is InChI=1S/C14H20N4O3S/c1-3-20-12(19)11-8-15-13(17-9(11)2)18-14(22)16-7-10-5-4-6-21-10/h8,10H,3-7H2,1-2H3,(H2,15,16,17,18,22). The van der Waals surface area contributed by atoms with E-state index in [9.17, 15) is 4.79 Å². The van der Waals surface area contributed by atoms with Crippen LogP contribution >= 0.6 is 12.2 Å². The van der Waals surface area contributed by atoms with Gasteiger partial charge in [-0.2, -0.15) is 0 Å². The van der Waals surface area contributed by atoms with Gasteiger partial charge < -0.3 is 20.1 Å². The number of nitrogens with zero attached hydrogens (tertiary/aromatic N) is 2. The number of aryl methyl sites for hydroxylation is 1. The van der Waals surface area contributed by atoms with Crippen LogP contribution in [-0.4, -0.2) is 46.9 Å². The van der Waals surface area contributed by atoms with Gasteiger partial charge in [0.25, 0.3) is 0 Å². The van der Waals surface area contributed by atoms with Crippen LogP contribution in [0.3, 0.4) is 0 Å². The van der Waals surface area contributed by atoms with Crippen LogP contribution < -0.4 is 10.6 Å². The second-order valence-electron chi connectivity index (χ2n) is 4.88. The molecule has 0 spiro atoms. The summed E-state index contributed by atoms with van der Waals surface area (Å²) in [4.78, 5) is 20.0. The third-order valence-corrected chi connectivity index (χ3v) is 3.46. The highest BCUT2D eigenvalue weighted by Crippen LogP contribution is 2.11. The van der Waals surface area contributed by atoms with Crippen LogP contribution in [0.25, 0.3) is 0 Å². The minimum absolute atomic E-state index is 0.202. The molecule has 2 rings (SSSR count). The molecule has 0 aliphatic carbocycles. The summed E-state index contributed by atoms with van der Waals surface area (Å²) in [5.74, 6) is -0.0824. The van der Waals surface area contributed by atoms with Gasteiger partial charge in [-0.05, 0) is 38.9 Å². The maximum atomic E-state index is 11.7. The first kappa shape index (κ1) is 16.6. The van der Waals surface area contributed by atoms with Crippen molar-refractivity contribution in [2.45, 2.75) is 32.8 Å². The first-order valence-electron chi connectivity index (χ1n) is 7.27. The summed E-state index contributed by atoms with van der Waals surface area (Å²) in [7, 11) is 0. The Kier molecular flexibility index (Phi) is 6.02. The molecule has 1 atom stereocenters. The molecular formula is C14H20N4O3S. The summed E-state index contributed by atoms with van der Waals surface area (Å²) in [6.45, 7) is 5.26. The number of anilines is 1. The van der Waals surface area contributed by atoms with Crippen molar-refractivity contribution in [3.63, 3.8) is 0 Å². The highest BCUT2D eigenvalue weighted by molar-refractivity contribution is 7.80. The average molecular weight is 324 g/mol. The van der Waals surface area contributed by atoms with E-state index >= 15 is 0 Å². The second-order valence-corrected chi connectivity index (χ2v) is 5.29. The zero-order valence-corrected chi connectivity index (χ0v) is 13.5. The van der Waals surface area contributed by atoms with E-state index in [1.165, 1.54) is 6.20 Å². The molecule has 0 bridgehead atoms. The minimum Gasteiger partial charge on any atom is -0.462 e. The highest BCUT2D eigenvalue weighted by Gasteiger charge is 2.16. The van der Waals surface area contributed by atoms with Crippen molar-refractivity contribution >= 4 is 29.2 Å². The molecule has 1 saturated heterocycles. The molecule has 120 valence electrons. The number of carbonyl (C=O) groups is 1. The lowest BCUT2D eigenvalue weighted by molar-refractivity contribution is 0.0524. The van der Waals surface area contributed by atoms with Crippen LogP contribution in [0.15, 0.2) is 6.20 Å². The molecule has 2 heterocycles. The smallest absolute Gasteiger partial charge is 0.341 e. The maximum Gasteiger partial charge on any atom is 0.341 e. The number of nitrogens with one attached hydrogen (secondary N) is 2. The Bertz CT molecular complexity index is 547. The molecule has 0 amide bonds. The van der Waals surface area contributed by atoms with Gasteiger partial charge in [0.05, 0.1) is 24.0 Å². The molecule has 2 N–H and O–H groups in total. The topological polar surface area (TPSA) is 85.4 Å². The summed E-state index contributed by atoms with van der Waals surface area (Å²) < 4.78 is 10.4. The molecule has 1 aliphatic heterocycles. The molecule has 8 heteroatoms. The van der Waals surface area contributed by atoms with Crippen LogP contribution in [0.5, 0.6) is 0 Å². The van der Waals surface area contributed by atoms with Crippen LogP contribution in [0.1, 0.15) is 35.8 Å². The molecule has 0 saturated carbocycles. The van der Waals surface area contributed by atoms with E-state index in [0.29, 0.717) is 35.5 Å². The molecule has 0 aromatic carbocycles. The predicted octanol–water partition coefficient (Wildman–Crippen LogP) is 1.43. The van der Waals surface area contributed by atoms with Crippen LogP contribution in [0.4, 0.5) is 5.95 Å². The van der Waals surface area contributed by atoms with Crippen LogP contribution in [0.2, 0.25) is 0 Å². The Morgan fingerprint density at radius 2 is 2.41 bits per heavy atom. The fourth-order valence-electron chi connectivity index (χ4n) is 2.09. The molecular weight excluding hydrogens is 304 g/mol. The van der Waals surface area contributed by atoms with E-state index < -0.39 is 5.97 Å². The summed E-state index contributed by atoms with van der Waals surface area (Å²) in [6, 6.07) is 0. The Morgan fingerprint density at radius 1 is 1.59 bits per heavy atom. The minimum atomic E-state index is -0.425. The first-order chi connectivity index (χ1) is 10.6. The number of esters is 1. The fourth-order valence-corrected chi connectivity index (χ4v) is 2.27. The van der Waals surface area contributed by atoms with Gasteiger partial charge in [-0.25, -0.2) is 14.8 Å². The number of carbonyl (C=O) groups excluding carboxylic acids is 1. The first-order valence-corrected chi connectivity index (χ1v) is 7.68. The number of ether oxygens (including phenoxy) is 2. The number of hydrogen-bond acceptors (Lipinski definition) is 6. The Balaban J connectivity index is 1.88. The molecule has 7 nitrogen and oxygen atoms in total. The van der Waals surface area contributed by atoms with E-state index in [2.05, 4.69) is 20.6 Å². The summed E-state index contributed by atoms with van der Waals surface area (Å²) in [5.41, 5.74) is 0.892. The summed E-state index contributed by atoms with van der Waals surface area (Å²) in [6.07, 6.45) is 3.77. The van der Waals surface area contributed by atoms with Gasteiger partial charge in [0.1, 0.15) is 0 Å². The number of rotatable bonds is 5. The van der Waals surface area contributed by atoms with E-state index in [4.69, 9.17) is 21.7 Å².